The van der Waals surface area contributed by atoms with Gasteiger partial charge in [-0.05, 0) is 30.7 Å². The van der Waals surface area contributed by atoms with Gasteiger partial charge in [0.25, 0.3) is 0 Å². The number of ketones is 2. The lowest BCUT2D eigenvalue weighted by Crippen LogP contribution is -2.18. The van der Waals surface area contributed by atoms with E-state index < -0.39 is 0 Å². The van der Waals surface area contributed by atoms with E-state index in [9.17, 15) is 14.9 Å². The Balaban J connectivity index is 1.87. The largest absolute Gasteiger partial charge is 0.348 e. The van der Waals surface area contributed by atoms with Gasteiger partial charge in [-0.15, -0.1) is 0 Å². The zero-order valence-corrected chi connectivity index (χ0v) is 14.8. The number of fused-ring (bicyclic) bond motifs is 2. The monoisotopic (exact) mass is 352 g/mol. The molecule has 0 radical (unpaired) electrons. The summed E-state index contributed by atoms with van der Waals surface area (Å²) in [5.41, 5.74) is 3.57. The first kappa shape index (κ1) is 16.7. The SMILES string of the molecule is CCN1C=CC(=CC(C#N)=C2C(=O)c3ccccc3C2=O)c2ccccc21. The van der Waals surface area contributed by atoms with Gasteiger partial charge in [0.15, 0.2) is 11.6 Å². The van der Waals surface area contributed by atoms with Crippen LogP contribution in [0.3, 0.4) is 0 Å². The Labute approximate surface area is 157 Å². The summed E-state index contributed by atoms with van der Waals surface area (Å²) in [4.78, 5) is 27.5. The molecule has 27 heavy (non-hydrogen) atoms. The first-order valence-electron chi connectivity index (χ1n) is 8.74. The van der Waals surface area contributed by atoms with Crippen LogP contribution in [0.15, 0.2) is 78.0 Å². The Morgan fingerprint density at radius 3 is 2.19 bits per heavy atom. The van der Waals surface area contributed by atoms with Crippen molar-refractivity contribution >= 4 is 22.8 Å². The van der Waals surface area contributed by atoms with Crippen molar-refractivity contribution in [3.05, 3.63) is 94.7 Å². The third-order valence-electron chi connectivity index (χ3n) is 4.86. The zero-order chi connectivity index (χ0) is 19.0. The Kier molecular flexibility index (Phi) is 4.06. The molecule has 1 heterocycles. The highest BCUT2D eigenvalue weighted by Crippen LogP contribution is 2.35. The van der Waals surface area contributed by atoms with Crippen LogP contribution < -0.4 is 4.90 Å². The summed E-state index contributed by atoms with van der Waals surface area (Å²) in [6, 6.07) is 16.6. The standard InChI is InChI=1S/C23H16N2O2/c1-2-25-12-11-15(17-7-5-6-10-20(17)25)13-16(14-24)21-22(26)18-8-3-4-9-19(18)23(21)27/h3-13H,2H2,1H3. The molecular formula is C23H16N2O2. The number of hydrogen-bond donors (Lipinski definition) is 0. The molecule has 0 amide bonds. The van der Waals surface area contributed by atoms with Gasteiger partial charge < -0.3 is 4.90 Å². The molecule has 0 N–H and O–H groups in total. The highest BCUT2D eigenvalue weighted by atomic mass is 16.2. The number of carbonyl (C=O) groups excluding carboxylic acids is 2. The lowest BCUT2D eigenvalue weighted by atomic mass is 9.95. The smallest absolute Gasteiger partial charge is 0.199 e. The molecule has 0 spiro atoms. The fourth-order valence-electron chi connectivity index (χ4n) is 3.52. The van der Waals surface area contributed by atoms with E-state index in [0.29, 0.717) is 11.1 Å². The number of nitrogens with zero attached hydrogens (tertiary/aromatic N) is 2. The third kappa shape index (κ3) is 2.61. The number of hydrogen-bond acceptors (Lipinski definition) is 4. The van der Waals surface area contributed by atoms with E-state index >= 15 is 0 Å². The molecule has 2 aromatic rings. The molecule has 1 aliphatic heterocycles. The maximum Gasteiger partial charge on any atom is 0.199 e. The highest BCUT2D eigenvalue weighted by molar-refractivity contribution is 6.40. The predicted molar refractivity (Wildman–Crippen MR) is 104 cm³/mol. The van der Waals surface area contributed by atoms with Gasteiger partial charge in [0.2, 0.25) is 0 Å². The fourth-order valence-corrected chi connectivity index (χ4v) is 3.52. The number of anilines is 1. The molecule has 130 valence electrons. The number of Topliss-reactive ketones (excluding diaryl/α,β-unsaturated/α-hetero) is 2. The molecule has 0 atom stereocenters. The second-order valence-corrected chi connectivity index (χ2v) is 6.32. The van der Waals surface area contributed by atoms with E-state index in [2.05, 4.69) is 17.9 Å². The average molecular weight is 352 g/mol. The van der Waals surface area contributed by atoms with Gasteiger partial charge in [-0.25, -0.2) is 0 Å². The van der Waals surface area contributed by atoms with Gasteiger partial charge in [-0.2, -0.15) is 5.26 Å². The molecule has 0 unspecified atom stereocenters. The summed E-state index contributed by atoms with van der Waals surface area (Å²) in [5, 5.41) is 9.69. The van der Waals surface area contributed by atoms with Crippen molar-refractivity contribution in [3.63, 3.8) is 0 Å². The van der Waals surface area contributed by atoms with Crippen LogP contribution in [0, 0.1) is 11.3 Å². The third-order valence-corrected chi connectivity index (χ3v) is 4.86. The summed E-state index contributed by atoms with van der Waals surface area (Å²) in [6.45, 7) is 2.88. The van der Waals surface area contributed by atoms with Crippen molar-refractivity contribution in [2.24, 2.45) is 0 Å². The highest BCUT2D eigenvalue weighted by Gasteiger charge is 2.35. The van der Waals surface area contributed by atoms with Crippen LogP contribution in [0.4, 0.5) is 5.69 Å². The van der Waals surface area contributed by atoms with Crippen LogP contribution >= 0.6 is 0 Å². The first-order chi connectivity index (χ1) is 13.2. The van der Waals surface area contributed by atoms with Crippen LogP contribution in [0.2, 0.25) is 0 Å². The average Bonchev–Trinajstić information content (AvgIpc) is 2.97. The van der Waals surface area contributed by atoms with E-state index in [4.69, 9.17) is 0 Å². The Morgan fingerprint density at radius 2 is 1.59 bits per heavy atom. The number of carbonyl (C=O) groups is 2. The van der Waals surface area contributed by atoms with E-state index in [1.807, 2.05) is 36.5 Å². The van der Waals surface area contributed by atoms with Gasteiger partial charge in [-0.1, -0.05) is 42.5 Å². The summed E-state index contributed by atoms with van der Waals surface area (Å²) in [6.07, 6.45) is 5.49. The molecule has 0 saturated carbocycles. The Morgan fingerprint density at radius 1 is 1.00 bits per heavy atom. The zero-order valence-electron chi connectivity index (χ0n) is 14.8. The summed E-state index contributed by atoms with van der Waals surface area (Å²) < 4.78 is 0. The van der Waals surface area contributed by atoms with Gasteiger partial charge in [0.05, 0.1) is 11.1 Å². The minimum absolute atomic E-state index is 0.0463. The quantitative estimate of drug-likeness (QED) is 0.459. The number of nitriles is 1. The molecule has 0 fully saturated rings. The van der Waals surface area contributed by atoms with E-state index in [1.165, 1.54) is 0 Å². The van der Waals surface area contributed by atoms with Crippen LogP contribution in [-0.2, 0) is 0 Å². The van der Waals surface area contributed by atoms with Gasteiger partial charge >= 0.3 is 0 Å². The number of benzene rings is 2. The predicted octanol–water partition coefficient (Wildman–Crippen LogP) is 4.32. The summed E-state index contributed by atoms with van der Waals surface area (Å²) in [7, 11) is 0. The molecule has 0 saturated heterocycles. The van der Waals surface area contributed by atoms with Crippen molar-refractivity contribution in [1.82, 2.24) is 0 Å². The van der Waals surface area contributed by atoms with Crippen molar-refractivity contribution in [2.45, 2.75) is 6.92 Å². The van der Waals surface area contributed by atoms with Crippen molar-refractivity contribution in [2.75, 3.05) is 11.4 Å². The topological polar surface area (TPSA) is 61.2 Å². The second kappa shape index (κ2) is 6.54. The first-order valence-corrected chi connectivity index (χ1v) is 8.74. The van der Waals surface area contributed by atoms with E-state index in [1.54, 1.807) is 30.3 Å². The van der Waals surface area contributed by atoms with Crippen molar-refractivity contribution in [3.8, 4) is 6.07 Å². The second-order valence-electron chi connectivity index (χ2n) is 6.32. The minimum Gasteiger partial charge on any atom is -0.348 e. The van der Waals surface area contributed by atoms with E-state index in [0.717, 1.165) is 23.4 Å². The molecule has 2 aliphatic rings. The minimum atomic E-state index is -0.382. The maximum atomic E-state index is 12.7. The van der Waals surface area contributed by atoms with Crippen molar-refractivity contribution in [1.29, 1.82) is 5.26 Å². The molecule has 0 aromatic heterocycles. The summed E-state index contributed by atoms with van der Waals surface area (Å²) >= 11 is 0. The molecule has 4 nitrogen and oxygen atoms in total. The molecule has 4 heteroatoms. The van der Waals surface area contributed by atoms with Crippen LogP contribution in [0.25, 0.3) is 5.57 Å². The maximum absolute atomic E-state index is 12.7. The van der Waals surface area contributed by atoms with Gasteiger partial charge in [-0.3, -0.25) is 9.59 Å². The van der Waals surface area contributed by atoms with E-state index in [-0.39, 0.29) is 22.7 Å². The lowest BCUT2D eigenvalue weighted by molar-refractivity contribution is 0.0988. The Hall–Kier alpha value is -3.71. The number of allylic oxidation sites excluding steroid dienone is 5. The van der Waals surface area contributed by atoms with Gasteiger partial charge in [0.1, 0.15) is 6.07 Å². The Bertz CT molecular complexity index is 1080. The molecular weight excluding hydrogens is 336 g/mol. The lowest BCUT2D eigenvalue weighted by Gasteiger charge is -2.26. The molecule has 0 bridgehead atoms. The van der Waals surface area contributed by atoms with Crippen LogP contribution in [-0.4, -0.2) is 18.1 Å². The fraction of sp³-hybridized carbons (Fsp3) is 0.0870. The summed E-state index contributed by atoms with van der Waals surface area (Å²) in [5.74, 6) is -0.764. The van der Waals surface area contributed by atoms with Crippen LogP contribution in [0.5, 0.6) is 0 Å². The van der Waals surface area contributed by atoms with Gasteiger partial charge in [0, 0.05) is 35.1 Å². The number of para-hydroxylation sites is 1. The molecule has 1 aliphatic carbocycles. The molecule has 2 aromatic carbocycles. The van der Waals surface area contributed by atoms with Crippen LogP contribution in [0.1, 0.15) is 33.2 Å². The van der Waals surface area contributed by atoms with Crippen molar-refractivity contribution < 1.29 is 9.59 Å². The molecule has 4 rings (SSSR count). The number of rotatable bonds is 2. The normalized spacial score (nSPS) is 16.4.